The van der Waals surface area contributed by atoms with Gasteiger partial charge in [-0.1, -0.05) is 0 Å². The first kappa shape index (κ1) is 19.6. The first-order valence-electron chi connectivity index (χ1n) is 6.45. The zero-order valence-corrected chi connectivity index (χ0v) is 13.9. The second kappa shape index (κ2) is 7.92. The van der Waals surface area contributed by atoms with Gasteiger partial charge in [0.2, 0.25) is 0 Å². The molecule has 0 spiro atoms. The average Bonchev–Trinajstić information content (AvgIpc) is 2.48. The number of nitrogens with one attached hydrogen (secondary N) is 1. The summed E-state index contributed by atoms with van der Waals surface area (Å²) in [5.41, 5.74) is -0.717. The fourth-order valence-electron chi connectivity index (χ4n) is 2.48. The maximum atomic E-state index is 14.2. The number of rotatable bonds is 4. The summed E-state index contributed by atoms with van der Waals surface area (Å²) in [6.07, 6.45) is 0. The molecule has 9 heteroatoms. The van der Waals surface area contributed by atoms with Crippen LogP contribution < -0.4 is 5.32 Å². The Morgan fingerprint density at radius 3 is 2.41 bits per heavy atom. The van der Waals surface area contributed by atoms with Crippen molar-refractivity contribution in [3.63, 3.8) is 0 Å². The van der Waals surface area contributed by atoms with Crippen molar-refractivity contribution in [1.29, 1.82) is 0 Å². The molecule has 1 fully saturated rings. The molecule has 2 N–H and O–H groups in total. The fourth-order valence-corrected chi connectivity index (χ4v) is 2.83. The van der Waals surface area contributed by atoms with E-state index < -0.39 is 35.8 Å². The van der Waals surface area contributed by atoms with Crippen LogP contribution in [0.3, 0.4) is 0 Å². The zero-order valence-electron chi connectivity index (χ0n) is 11.5. The van der Waals surface area contributed by atoms with E-state index in [2.05, 4.69) is 21.2 Å². The lowest BCUT2D eigenvalue weighted by Gasteiger charge is -2.39. The molecule has 1 aliphatic heterocycles. The van der Waals surface area contributed by atoms with Crippen molar-refractivity contribution in [3.8, 4) is 0 Å². The first-order valence-corrected chi connectivity index (χ1v) is 7.24. The van der Waals surface area contributed by atoms with Crippen LogP contribution in [0.15, 0.2) is 16.6 Å². The van der Waals surface area contributed by atoms with Crippen LogP contribution in [0.5, 0.6) is 0 Å². The third-order valence-corrected chi connectivity index (χ3v) is 4.09. The van der Waals surface area contributed by atoms with Gasteiger partial charge in [0, 0.05) is 31.7 Å². The lowest BCUT2D eigenvalue weighted by atomic mass is 9.97. The Hall–Kier alpha value is -0.410. The Morgan fingerprint density at radius 1 is 1.27 bits per heavy atom. The van der Waals surface area contributed by atoms with Crippen molar-refractivity contribution in [2.75, 3.05) is 32.8 Å². The van der Waals surface area contributed by atoms with Crippen LogP contribution in [-0.4, -0.2) is 48.7 Å². The van der Waals surface area contributed by atoms with Crippen LogP contribution in [-0.2, 0) is 0 Å². The summed E-state index contributed by atoms with van der Waals surface area (Å²) in [5.74, 6) is -5.76. The molecular formula is C13H16BrClF4N2O. The van der Waals surface area contributed by atoms with Crippen LogP contribution >= 0.6 is 28.3 Å². The number of aliphatic hydroxyl groups excluding tert-OH is 1. The van der Waals surface area contributed by atoms with E-state index in [0.717, 1.165) is 12.1 Å². The second-order valence-electron chi connectivity index (χ2n) is 4.86. The highest BCUT2D eigenvalue weighted by molar-refractivity contribution is 9.10. The molecule has 1 aromatic rings. The summed E-state index contributed by atoms with van der Waals surface area (Å²) in [7, 11) is 0. The Morgan fingerprint density at radius 2 is 1.86 bits per heavy atom. The molecule has 2 rings (SSSR count). The lowest BCUT2D eigenvalue weighted by molar-refractivity contribution is -0.120. The predicted molar refractivity (Wildman–Crippen MR) is 80.5 cm³/mol. The Balaban J connectivity index is 0.00000242. The maximum absolute atomic E-state index is 14.2. The second-order valence-corrected chi connectivity index (χ2v) is 5.72. The summed E-state index contributed by atoms with van der Waals surface area (Å²) in [6.45, 7) is -0.172. The fraction of sp³-hybridized carbons (Fsp3) is 0.538. The van der Waals surface area contributed by atoms with Gasteiger partial charge in [-0.3, -0.25) is 4.90 Å². The van der Waals surface area contributed by atoms with Crippen molar-refractivity contribution in [1.82, 2.24) is 10.2 Å². The minimum atomic E-state index is -3.65. The number of hydrogen-bond acceptors (Lipinski definition) is 3. The molecule has 1 heterocycles. The van der Waals surface area contributed by atoms with Crippen molar-refractivity contribution in [3.05, 3.63) is 33.8 Å². The highest BCUT2D eigenvalue weighted by Gasteiger charge is 2.46. The molecule has 22 heavy (non-hydrogen) atoms. The van der Waals surface area contributed by atoms with E-state index in [1.807, 2.05) is 0 Å². The van der Waals surface area contributed by atoms with Crippen LogP contribution in [0.1, 0.15) is 11.6 Å². The van der Waals surface area contributed by atoms with E-state index in [1.54, 1.807) is 0 Å². The average molecular weight is 408 g/mol. The number of hydrogen-bond donors (Lipinski definition) is 2. The first-order chi connectivity index (χ1) is 9.88. The summed E-state index contributed by atoms with van der Waals surface area (Å²) < 4.78 is 56.3. The molecular weight excluding hydrogens is 392 g/mol. The van der Waals surface area contributed by atoms with Gasteiger partial charge in [0.05, 0.1) is 4.47 Å². The summed E-state index contributed by atoms with van der Waals surface area (Å²) >= 11 is 2.88. The quantitative estimate of drug-likeness (QED) is 0.595. The van der Waals surface area contributed by atoms with Crippen molar-refractivity contribution in [2.24, 2.45) is 0 Å². The molecule has 3 nitrogen and oxygen atoms in total. The minimum absolute atomic E-state index is 0. The van der Waals surface area contributed by atoms with E-state index in [9.17, 15) is 17.6 Å². The van der Waals surface area contributed by atoms with E-state index in [4.69, 9.17) is 5.11 Å². The van der Waals surface area contributed by atoms with Gasteiger partial charge in [-0.25, -0.2) is 17.6 Å². The van der Waals surface area contributed by atoms with Gasteiger partial charge in [0.25, 0.3) is 5.92 Å². The molecule has 0 unspecified atom stereocenters. The molecule has 1 aromatic carbocycles. The van der Waals surface area contributed by atoms with Gasteiger partial charge < -0.3 is 10.4 Å². The van der Waals surface area contributed by atoms with Crippen LogP contribution in [0.25, 0.3) is 0 Å². The molecule has 1 saturated heterocycles. The lowest BCUT2D eigenvalue weighted by Crippen LogP contribution is -2.51. The molecule has 1 atom stereocenters. The largest absolute Gasteiger partial charge is 0.390 e. The van der Waals surface area contributed by atoms with Gasteiger partial charge in [0.1, 0.15) is 24.3 Å². The monoisotopic (exact) mass is 406 g/mol. The third-order valence-electron chi connectivity index (χ3n) is 3.48. The molecule has 0 aromatic heterocycles. The van der Waals surface area contributed by atoms with Crippen molar-refractivity contribution >= 4 is 28.3 Å². The van der Waals surface area contributed by atoms with Crippen LogP contribution in [0, 0.1) is 11.6 Å². The summed E-state index contributed by atoms with van der Waals surface area (Å²) in [4.78, 5) is 1.29. The zero-order chi connectivity index (χ0) is 15.6. The molecule has 0 saturated carbocycles. The van der Waals surface area contributed by atoms with Gasteiger partial charge >= 0.3 is 0 Å². The maximum Gasteiger partial charge on any atom is 0.290 e. The van der Waals surface area contributed by atoms with Crippen LogP contribution in [0.2, 0.25) is 0 Å². The SMILES string of the molecule is Cl.OCC(F)(F)[C@@H](c1c(F)ccc(Br)c1F)N1CCNCC1. The molecule has 0 amide bonds. The molecule has 126 valence electrons. The minimum Gasteiger partial charge on any atom is -0.390 e. The predicted octanol–water partition coefficient (Wildman–Crippen LogP) is 2.72. The van der Waals surface area contributed by atoms with Gasteiger partial charge in [-0.05, 0) is 28.1 Å². The number of aliphatic hydroxyl groups is 1. The standard InChI is InChI=1S/C13H15BrF4N2O.ClH/c14-8-1-2-9(15)10(11(8)16)12(13(17,18)7-21)20-5-3-19-4-6-20;/h1-2,12,19,21H,3-7H2;1H/t12-;/m1./s1. The van der Waals surface area contributed by atoms with Gasteiger partial charge in [0.15, 0.2) is 0 Å². The van der Waals surface area contributed by atoms with Crippen molar-refractivity contribution < 1.29 is 22.7 Å². The van der Waals surface area contributed by atoms with E-state index >= 15 is 0 Å². The van der Waals surface area contributed by atoms with E-state index in [0.29, 0.717) is 13.1 Å². The molecule has 0 bridgehead atoms. The Kier molecular flexibility index (Phi) is 7.07. The highest BCUT2D eigenvalue weighted by Crippen LogP contribution is 2.40. The summed E-state index contributed by atoms with van der Waals surface area (Å²) in [6, 6.07) is 0.215. The normalized spacial score (nSPS) is 17.9. The van der Waals surface area contributed by atoms with Gasteiger partial charge in [-0.2, -0.15) is 0 Å². The number of benzene rings is 1. The third kappa shape index (κ3) is 3.91. The molecule has 0 radical (unpaired) electrons. The van der Waals surface area contributed by atoms with Gasteiger partial charge in [-0.15, -0.1) is 12.4 Å². The molecule has 1 aliphatic rings. The van der Waals surface area contributed by atoms with Crippen LogP contribution in [0.4, 0.5) is 17.6 Å². The Bertz CT molecular complexity index is 515. The topological polar surface area (TPSA) is 35.5 Å². The number of alkyl halides is 2. The number of nitrogens with zero attached hydrogens (tertiary/aromatic N) is 1. The van der Waals surface area contributed by atoms with E-state index in [1.165, 1.54) is 4.90 Å². The highest BCUT2D eigenvalue weighted by atomic mass is 79.9. The number of halogens is 6. The Labute approximate surface area is 140 Å². The molecule has 0 aliphatic carbocycles. The smallest absolute Gasteiger partial charge is 0.290 e. The van der Waals surface area contributed by atoms with Crippen molar-refractivity contribution in [2.45, 2.75) is 12.0 Å². The number of piperazine rings is 1. The summed E-state index contributed by atoms with van der Waals surface area (Å²) in [5, 5.41) is 11.9. The van der Waals surface area contributed by atoms with E-state index in [-0.39, 0.29) is 30.0 Å².